The summed E-state index contributed by atoms with van der Waals surface area (Å²) in [6.07, 6.45) is 0.551. The van der Waals surface area contributed by atoms with Gasteiger partial charge in [-0.3, -0.25) is 0 Å². The number of nitrogens with zero attached hydrogens (tertiary/aromatic N) is 3. The Morgan fingerprint density at radius 2 is 2.04 bits per heavy atom. The zero-order chi connectivity index (χ0) is 17.3. The summed E-state index contributed by atoms with van der Waals surface area (Å²) in [7, 11) is -3.67. The maximum absolute atomic E-state index is 12.6. The second-order valence-corrected chi connectivity index (χ2v) is 8.99. The molecule has 0 saturated carbocycles. The Hall–Kier alpha value is -1.41. The Balaban J connectivity index is 2.14. The molecular weight excluding hydrogens is 342 g/mol. The van der Waals surface area contributed by atoms with E-state index in [0.29, 0.717) is 19.4 Å². The fourth-order valence-electron chi connectivity index (χ4n) is 2.31. The number of aromatic nitrogens is 2. The number of halogens is 1. The van der Waals surface area contributed by atoms with Crippen LogP contribution in [0.5, 0.6) is 0 Å². The van der Waals surface area contributed by atoms with E-state index in [1.165, 1.54) is 17.0 Å². The summed E-state index contributed by atoms with van der Waals surface area (Å²) in [6.45, 7) is 5.87. The van der Waals surface area contributed by atoms with Crippen LogP contribution in [0.3, 0.4) is 0 Å². The van der Waals surface area contributed by atoms with Gasteiger partial charge in [-0.1, -0.05) is 11.6 Å². The van der Waals surface area contributed by atoms with Crippen LogP contribution in [0.15, 0.2) is 17.2 Å². The fourth-order valence-corrected chi connectivity index (χ4v) is 4.02. The van der Waals surface area contributed by atoms with Gasteiger partial charge in [0.1, 0.15) is 5.60 Å². The third-order valence-corrected chi connectivity index (χ3v) is 5.63. The zero-order valence-corrected chi connectivity index (χ0v) is 14.9. The highest BCUT2D eigenvalue weighted by Gasteiger charge is 2.36. The molecule has 0 bridgehead atoms. The van der Waals surface area contributed by atoms with Gasteiger partial charge < -0.3 is 9.64 Å². The molecule has 2 heterocycles. The van der Waals surface area contributed by atoms with Crippen molar-refractivity contribution in [3.8, 4) is 0 Å². The molecule has 0 spiro atoms. The van der Waals surface area contributed by atoms with Crippen LogP contribution in [-0.2, 0) is 14.6 Å². The van der Waals surface area contributed by atoms with Crippen molar-refractivity contribution in [2.45, 2.75) is 49.5 Å². The van der Waals surface area contributed by atoms with E-state index in [2.05, 4.69) is 10.2 Å². The Morgan fingerprint density at radius 3 is 2.61 bits per heavy atom. The van der Waals surface area contributed by atoms with E-state index in [0.717, 1.165) is 0 Å². The van der Waals surface area contributed by atoms with Crippen LogP contribution < -0.4 is 0 Å². The van der Waals surface area contributed by atoms with E-state index in [9.17, 15) is 13.2 Å². The highest BCUT2D eigenvalue weighted by molar-refractivity contribution is 7.92. The van der Waals surface area contributed by atoms with E-state index in [1.807, 2.05) is 0 Å². The van der Waals surface area contributed by atoms with Crippen molar-refractivity contribution in [3.63, 3.8) is 0 Å². The van der Waals surface area contributed by atoms with Crippen molar-refractivity contribution in [1.82, 2.24) is 15.1 Å². The lowest BCUT2D eigenvalue weighted by Crippen LogP contribution is -2.47. The molecular formula is C14H20ClN3O4S. The van der Waals surface area contributed by atoms with Crippen LogP contribution in [0, 0.1) is 0 Å². The number of likely N-dealkylation sites (tertiary alicyclic amines) is 1. The van der Waals surface area contributed by atoms with Crippen LogP contribution in [-0.4, -0.2) is 53.5 Å². The zero-order valence-electron chi connectivity index (χ0n) is 13.3. The minimum atomic E-state index is -3.67. The van der Waals surface area contributed by atoms with Gasteiger partial charge in [-0.25, -0.2) is 13.2 Å². The van der Waals surface area contributed by atoms with E-state index in [4.69, 9.17) is 16.3 Å². The van der Waals surface area contributed by atoms with Crippen molar-refractivity contribution in [2.24, 2.45) is 0 Å². The largest absolute Gasteiger partial charge is 0.444 e. The molecule has 1 saturated heterocycles. The molecule has 0 N–H and O–H groups in total. The number of carbonyl (C=O) groups is 1. The summed E-state index contributed by atoms with van der Waals surface area (Å²) in [5, 5.41) is 6.50. The van der Waals surface area contributed by atoms with Gasteiger partial charge in [-0.2, -0.15) is 0 Å². The lowest BCUT2D eigenvalue weighted by atomic mass is 10.1. The summed E-state index contributed by atoms with van der Waals surface area (Å²) in [4.78, 5) is 13.6. The monoisotopic (exact) mass is 361 g/mol. The number of rotatable bonds is 2. The molecule has 128 valence electrons. The van der Waals surface area contributed by atoms with E-state index < -0.39 is 26.8 Å². The summed E-state index contributed by atoms with van der Waals surface area (Å²) in [6, 6.07) is 2.72. The Morgan fingerprint density at radius 1 is 1.35 bits per heavy atom. The van der Waals surface area contributed by atoms with Gasteiger partial charge in [0.05, 0.1) is 5.25 Å². The first-order valence-corrected chi connectivity index (χ1v) is 9.23. The second-order valence-electron chi connectivity index (χ2n) is 6.43. The van der Waals surface area contributed by atoms with E-state index in [-0.39, 0.29) is 16.7 Å². The van der Waals surface area contributed by atoms with Crippen LogP contribution >= 0.6 is 11.6 Å². The highest BCUT2D eigenvalue weighted by atomic mass is 35.5. The molecule has 0 radical (unpaired) electrons. The quantitative estimate of drug-likeness (QED) is 0.802. The van der Waals surface area contributed by atoms with Crippen molar-refractivity contribution < 1.29 is 17.9 Å². The second kappa shape index (κ2) is 6.60. The van der Waals surface area contributed by atoms with Crippen LogP contribution in [0.25, 0.3) is 0 Å². The van der Waals surface area contributed by atoms with Gasteiger partial charge in [0.25, 0.3) is 0 Å². The molecule has 0 aliphatic carbocycles. The number of sulfone groups is 1. The van der Waals surface area contributed by atoms with Crippen molar-refractivity contribution in [2.75, 3.05) is 13.1 Å². The molecule has 7 nitrogen and oxygen atoms in total. The molecule has 1 aromatic rings. The minimum Gasteiger partial charge on any atom is -0.444 e. The van der Waals surface area contributed by atoms with Gasteiger partial charge in [0.2, 0.25) is 9.84 Å². The summed E-state index contributed by atoms with van der Waals surface area (Å²) < 4.78 is 30.6. The molecule has 2 rings (SSSR count). The summed E-state index contributed by atoms with van der Waals surface area (Å²) in [5.41, 5.74) is -0.620. The molecule has 1 unspecified atom stereocenters. The Kier molecular flexibility index (Phi) is 5.15. The number of carbonyl (C=O) groups excluding carboxylic acids is 1. The van der Waals surface area contributed by atoms with Crippen molar-refractivity contribution >= 4 is 27.5 Å². The van der Waals surface area contributed by atoms with Gasteiger partial charge in [-0.05, 0) is 45.7 Å². The number of amides is 1. The highest BCUT2D eigenvalue weighted by Crippen LogP contribution is 2.24. The van der Waals surface area contributed by atoms with Gasteiger partial charge in [0.15, 0.2) is 10.2 Å². The number of hydrogen-bond donors (Lipinski definition) is 0. The summed E-state index contributed by atoms with van der Waals surface area (Å²) >= 11 is 5.64. The maximum Gasteiger partial charge on any atom is 0.410 e. The lowest BCUT2D eigenvalue weighted by Gasteiger charge is -2.33. The normalized spacial score (nSPS) is 19.5. The van der Waals surface area contributed by atoms with Gasteiger partial charge in [0, 0.05) is 13.1 Å². The molecule has 9 heteroatoms. The Bertz CT molecular complexity index is 670. The smallest absolute Gasteiger partial charge is 0.410 e. The number of piperidine rings is 1. The molecule has 1 fully saturated rings. The molecule has 0 aromatic carbocycles. The van der Waals surface area contributed by atoms with Crippen LogP contribution in [0.1, 0.15) is 33.6 Å². The topological polar surface area (TPSA) is 89.5 Å². The number of hydrogen-bond acceptors (Lipinski definition) is 6. The SMILES string of the molecule is CC(C)(C)OC(=O)N1CCCC(S(=O)(=O)c2ccc(Cl)nn2)C1. The van der Waals surface area contributed by atoms with Crippen molar-refractivity contribution in [1.29, 1.82) is 0 Å². The molecule has 1 atom stereocenters. The summed E-state index contributed by atoms with van der Waals surface area (Å²) in [5.74, 6) is 0. The number of ether oxygens (including phenoxy) is 1. The third kappa shape index (κ3) is 4.54. The van der Waals surface area contributed by atoms with E-state index in [1.54, 1.807) is 20.8 Å². The first kappa shape index (κ1) is 17.9. The maximum atomic E-state index is 12.6. The first-order valence-electron chi connectivity index (χ1n) is 7.30. The van der Waals surface area contributed by atoms with Crippen LogP contribution in [0.2, 0.25) is 5.15 Å². The molecule has 1 aromatic heterocycles. The lowest BCUT2D eigenvalue weighted by molar-refractivity contribution is 0.0219. The first-order chi connectivity index (χ1) is 10.6. The molecule has 1 amide bonds. The molecule has 23 heavy (non-hydrogen) atoms. The fraction of sp³-hybridized carbons (Fsp3) is 0.643. The van der Waals surface area contributed by atoms with Gasteiger partial charge in [-0.15, -0.1) is 10.2 Å². The van der Waals surface area contributed by atoms with E-state index >= 15 is 0 Å². The predicted molar refractivity (Wildman–Crippen MR) is 85.1 cm³/mol. The Labute approximate surface area is 140 Å². The predicted octanol–water partition coefficient (Wildman–Crippen LogP) is 2.30. The molecule has 1 aliphatic heterocycles. The third-order valence-electron chi connectivity index (χ3n) is 3.37. The molecule has 1 aliphatic rings. The minimum absolute atomic E-state index is 0.0849. The average molecular weight is 362 g/mol. The van der Waals surface area contributed by atoms with Crippen molar-refractivity contribution in [3.05, 3.63) is 17.3 Å². The standard InChI is InChI=1S/C14H20ClN3O4S/c1-14(2,3)22-13(19)18-8-4-5-10(9-18)23(20,21)12-7-6-11(15)16-17-12/h6-7,10H,4-5,8-9H2,1-3H3. The van der Waals surface area contributed by atoms with Gasteiger partial charge >= 0.3 is 6.09 Å². The van der Waals surface area contributed by atoms with Crippen LogP contribution in [0.4, 0.5) is 4.79 Å². The average Bonchev–Trinajstić information content (AvgIpc) is 2.46.